The highest BCUT2D eigenvalue weighted by Gasteiger charge is 2.20. The highest BCUT2D eigenvalue weighted by atomic mass is 15.0. The summed E-state index contributed by atoms with van der Waals surface area (Å²) in [6, 6.07) is 99.4. The number of para-hydroxylation sites is 1. The predicted octanol–water partition coefficient (Wildman–Crippen LogP) is 20.3. The largest absolute Gasteiger partial charge is 0.309 e. The van der Waals surface area contributed by atoms with Gasteiger partial charge in [-0.05, 0) is 152 Å². The summed E-state index contributed by atoms with van der Waals surface area (Å²) in [5.41, 5.74) is 21.6. The highest BCUT2D eigenvalue weighted by Crippen LogP contribution is 2.42. The van der Waals surface area contributed by atoms with E-state index in [1.807, 2.05) is 0 Å². The fourth-order valence-electron chi connectivity index (χ4n) is 12.1. The van der Waals surface area contributed by atoms with Crippen LogP contribution >= 0.6 is 0 Å². The Kier molecular flexibility index (Phi) is 11.1. The molecule has 80 heavy (non-hydrogen) atoms. The average molecular weight is 1020 g/mol. The zero-order valence-corrected chi connectivity index (χ0v) is 44.8. The fraction of sp³-hybridized carbons (Fsp3) is 0.0526. The van der Waals surface area contributed by atoms with Crippen molar-refractivity contribution in [1.82, 2.24) is 19.1 Å². The third kappa shape index (κ3) is 8.07. The van der Waals surface area contributed by atoms with E-state index in [-0.39, 0.29) is 5.41 Å². The van der Waals surface area contributed by atoms with E-state index in [0.717, 1.165) is 60.9 Å². The quantitative estimate of drug-likeness (QED) is 0.142. The van der Waals surface area contributed by atoms with E-state index in [1.165, 1.54) is 82.6 Å². The summed E-state index contributed by atoms with van der Waals surface area (Å²) in [6.45, 7) is 6.77. The van der Waals surface area contributed by atoms with Crippen LogP contribution in [-0.2, 0) is 5.41 Å². The van der Waals surface area contributed by atoms with Crippen LogP contribution in [0.4, 0.5) is 0 Å². The number of hydrogen-bond donors (Lipinski definition) is 0. The van der Waals surface area contributed by atoms with Crippen molar-refractivity contribution in [2.45, 2.75) is 26.2 Å². The van der Waals surface area contributed by atoms with Crippen LogP contribution in [0, 0.1) is 0 Å². The van der Waals surface area contributed by atoms with Crippen LogP contribution in [0.25, 0.3) is 144 Å². The summed E-state index contributed by atoms with van der Waals surface area (Å²) in [5.74, 6) is 0.691. The van der Waals surface area contributed by atoms with Gasteiger partial charge in [0.05, 0.1) is 33.3 Å². The molecule has 0 aliphatic carbocycles. The Morgan fingerprint density at radius 1 is 0.275 bits per heavy atom. The maximum Gasteiger partial charge on any atom is 0.160 e. The van der Waals surface area contributed by atoms with Crippen LogP contribution in [0.5, 0.6) is 0 Å². The van der Waals surface area contributed by atoms with Crippen molar-refractivity contribution < 1.29 is 0 Å². The minimum atomic E-state index is 0.100. The van der Waals surface area contributed by atoms with E-state index in [4.69, 9.17) is 9.97 Å². The number of nitrogens with zero attached hydrogens (tertiary/aromatic N) is 4. The summed E-state index contributed by atoms with van der Waals surface area (Å²) in [4.78, 5) is 10.8. The van der Waals surface area contributed by atoms with Crippen molar-refractivity contribution in [3.8, 4) is 78.5 Å². The van der Waals surface area contributed by atoms with Crippen LogP contribution in [0.2, 0.25) is 0 Å². The Bertz CT molecular complexity index is 4850. The van der Waals surface area contributed by atoms with Crippen molar-refractivity contribution in [2.24, 2.45) is 0 Å². The van der Waals surface area contributed by atoms with Gasteiger partial charge < -0.3 is 9.13 Å². The number of benzene rings is 12. The maximum atomic E-state index is 5.41. The Morgan fingerprint density at radius 3 is 1.16 bits per heavy atom. The second kappa shape index (κ2) is 18.8. The van der Waals surface area contributed by atoms with E-state index >= 15 is 0 Å². The number of hydrogen-bond acceptors (Lipinski definition) is 2. The monoisotopic (exact) mass is 1020 g/mol. The van der Waals surface area contributed by atoms with E-state index in [0.29, 0.717) is 5.82 Å². The molecule has 4 nitrogen and oxygen atoms in total. The Hall–Kier alpha value is -10.2. The van der Waals surface area contributed by atoms with Gasteiger partial charge in [-0.3, -0.25) is 0 Å². The van der Waals surface area contributed by atoms with Crippen molar-refractivity contribution in [2.75, 3.05) is 0 Å². The molecule has 378 valence electrons. The van der Waals surface area contributed by atoms with Crippen LogP contribution in [-0.4, -0.2) is 19.1 Å². The van der Waals surface area contributed by atoms with Crippen molar-refractivity contribution in [1.29, 1.82) is 0 Å². The lowest BCUT2D eigenvalue weighted by molar-refractivity contribution is 0.590. The Labute approximate surface area is 465 Å². The first kappa shape index (κ1) is 47.1. The molecule has 0 fully saturated rings. The summed E-state index contributed by atoms with van der Waals surface area (Å²) in [6.07, 6.45) is 0. The van der Waals surface area contributed by atoms with Crippen molar-refractivity contribution in [3.63, 3.8) is 0 Å². The zero-order chi connectivity index (χ0) is 53.5. The lowest BCUT2D eigenvalue weighted by Gasteiger charge is -2.19. The number of rotatable bonds is 8. The van der Waals surface area contributed by atoms with Gasteiger partial charge in [-0.15, -0.1) is 0 Å². The summed E-state index contributed by atoms with van der Waals surface area (Å²) >= 11 is 0. The first-order chi connectivity index (χ1) is 39.3. The second-order valence-electron chi connectivity index (χ2n) is 22.2. The zero-order valence-electron chi connectivity index (χ0n) is 44.8. The SMILES string of the molecule is CC(C)(C)c1ccc(-c2ccc(-c3nc(-c4ccc(-n5c6ccc(-c7ccccc7)cc6c6cc(-c7ccc8c(c7)c7cc(-c9ccccc9)ccc7n8-c7ccccc7)ccc65)cc4)nc4c3ccc3ccccc34)cc2)cc1. The topological polar surface area (TPSA) is 35.6 Å². The van der Waals surface area contributed by atoms with Gasteiger partial charge in [0.15, 0.2) is 5.82 Å². The summed E-state index contributed by atoms with van der Waals surface area (Å²) in [5, 5.41) is 8.13. The van der Waals surface area contributed by atoms with Crippen LogP contribution in [0.3, 0.4) is 0 Å². The van der Waals surface area contributed by atoms with E-state index in [1.54, 1.807) is 0 Å². The Morgan fingerprint density at radius 2 is 0.662 bits per heavy atom. The molecule has 3 heterocycles. The van der Waals surface area contributed by atoms with Gasteiger partial charge >= 0.3 is 0 Å². The van der Waals surface area contributed by atoms with Crippen LogP contribution in [0.15, 0.2) is 273 Å². The molecule has 0 aliphatic heterocycles. The van der Waals surface area contributed by atoms with Gasteiger partial charge in [0, 0.05) is 54.8 Å². The molecule has 15 aromatic rings. The number of aromatic nitrogens is 4. The molecule has 4 heteroatoms. The van der Waals surface area contributed by atoms with Gasteiger partial charge in [0.1, 0.15) is 0 Å². The normalized spacial score (nSPS) is 11.9. The van der Waals surface area contributed by atoms with Gasteiger partial charge in [0.2, 0.25) is 0 Å². The van der Waals surface area contributed by atoms with Crippen LogP contribution in [0.1, 0.15) is 26.3 Å². The second-order valence-corrected chi connectivity index (χ2v) is 22.2. The molecule has 0 N–H and O–H groups in total. The molecular weight excluding hydrogens is 969 g/mol. The van der Waals surface area contributed by atoms with Crippen molar-refractivity contribution >= 4 is 65.3 Å². The third-order valence-corrected chi connectivity index (χ3v) is 16.3. The molecule has 0 radical (unpaired) electrons. The molecule has 0 amide bonds. The molecule has 0 spiro atoms. The summed E-state index contributed by atoms with van der Waals surface area (Å²) in [7, 11) is 0. The smallest absolute Gasteiger partial charge is 0.160 e. The molecule has 0 atom stereocenters. The van der Waals surface area contributed by atoms with Gasteiger partial charge in [0.25, 0.3) is 0 Å². The predicted molar refractivity (Wildman–Crippen MR) is 337 cm³/mol. The van der Waals surface area contributed by atoms with E-state index < -0.39 is 0 Å². The number of fused-ring (bicyclic) bond motifs is 9. The maximum absolute atomic E-state index is 5.41. The average Bonchev–Trinajstić information content (AvgIpc) is 4.04. The first-order valence-corrected chi connectivity index (χ1v) is 27.6. The highest BCUT2D eigenvalue weighted by molar-refractivity contribution is 6.14. The molecule has 0 aliphatic rings. The van der Waals surface area contributed by atoms with Crippen LogP contribution < -0.4 is 0 Å². The third-order valence-electron chi connectivity index (χ3n) is 16.3. The molecule has 12 aromatic carbocycles. The molecule has 0 unspecified atom stereocenters. The molecule has 15 rings (SSSR count). The van der Waals surface area contributed by atoms with E-state index in [2.05, 4.69) is 303 Å². The minimum Gasteiger partial charge on any atom is -0.309 e. The molecular formula is C76H54N4. The van der Waals surface area contributed by atoms with Gasteiger partial charge in [-0.1, -0.05) is 203 Å². The van der Waals surface area contributed by atoms with Gasteiger partial charge in [-0.25, -0.2) is 9.97 Å². The molecule has 0 saturated carbocycles. The standard InChI is InChI=1S/C76H54N4/c1-76(2,3)60-36-27-52(28-37-60)51-23-25-54(26-24-51)73-64-40-31-53-19-13-14-22-63(53)74(64)78-75(77-73)55-29-38-62(39-30-55)80-71-42-33-57(50-17-9-5-10-18-50)46-66(71)68-48-59(35-44-72(68)80)58-34-43-70-67(47-58)65-45-56(49-15-7-4-8-16-49)32-41-69(65)79(70)61-20-11-6-12-21-61/h4-48H,1-3H3. The molecule has 0 bridgehead atoms. The fourth-order valence-corrected chi connectivity index (χ4v) is 12.1. The Balaban J connectivity index is 0.850. The molecule has 3 aromatic heterocycles. The lowest BCUT2D eigenvalue weighted by atomic mass is 9.86. The summed E-state index contributed by atoms with van der Waals surface area (Å²) < 4.78 is 4.81. The molecule has 0 saturated heterocycles. The lowest BCUT2D eigenvalue weighted by Crippen LogP contribution is -2.10. The van der Waals surface area contributed by atoms with E-state index in [9.17, 15) is 0 Å². The minimum absolute atomic E-state index is 0.100. The van der Waals surface area contributed by atoms with Gasteiger partial charge in [-0.2, -0.15) is 0 Å². The first-order valence-electron chi connectivity index (χ1n) is 27.6. The van der Waals surface area contributed by atoms with Crippen molar-refractivity contribution in [3.05, 3.63) is 279 Å².